The van der Waals surface area contributed by atoms with Gasteiger partial charge in [0.05, 0.1) is 25.3 Å². The summed E-state index contributed by atoms with van der Waals surface area (Å²) in [6.07, 6.45) is 3.61. The standard InChI is InChI=1S/C21H23ClN2O6S/c1-23-31(26,27)19-12-14(4-6-17(19)28-2)5-7-20(25)24-13-15-10-16(22)21-18(11-15)29-8-3-9-30-21/h4-7,10-12,23H,3,8-9,13H2,1-2H3,(H,24,25). The summed E-state index contributed by atoms with van der Waals surface area (Å²) in [5, 5.41) is 3.19. The van der Waals surface area contributed by atoms with E-state index >= 15 is 0 Å². The Kier molecular flexibility index (Phi) is 7.42. The minimum Gasteiger partial charge on any atom is -0.495 e. The third-order valence-corrected chi connectivity index (χ3v) is 6.22. The molecule has 0 aliphatic carbocycles. The fraction of sp³-hybridized carbons (Fsp3) is 0.286. The van der Waals surface area contributed by atoms with Crippen LogP contribution in [0.4, 0.5) is 0 Å². The largest absolute Gasteiger partial charge is 0.495 e. The van der Waals surface area contributed by atoms with Gasteiger partial charge in [0.25, 0.3) is 0 Å². The molecule has 2 N–H and O–H groups in total. The smallest absolute Gasteiger partial charge is 0.244 e. The lowest BCUT2D eigenvalue weighted by atomic mass is 10.2. The molecule has 1 aliphatic heterocycles. The van der Waals surface area contributed by atoms with Crippen molar-refractivity contribution in [3.8, 4) is 17.2 Å². The molecule has 2 aromatic rings. The minimum absolute atomic E-state index is 0.0121. The predicted octanol–water partition coefficient (Wildman–Crippen LogP) is 2.75. The number of hydrogen-bond acceptors (Lipinski definition) is 6. The number of ether oxygens (including phenoxy) is 3. The van der Waals surface area contributed by atoms with Crippen LogP contribution < -0.4 is 24.2 Å². The molecule has 0 bridgehead atoms. The van der Waals surface area contributed by atoms with E-state index in [-0.39, 0.29) is 23.1 Å². The molecule has 0 atom stereocenters. The molecule has 166 valence electrons. The fourth-order valence-corrected chi connectivity index (χ4v) is 4.14. The molecule has 3 rings (SSSR count). The average molecular weight is 467 g/mol. The summed E-state index contributed by atoms with van der Waals surface area (Å²) in [7, 11) is -1.00. The maximum Gasteiger partial charge on any atom is 0.244 e. The van der Waals surface area contributed by atoms with Crippen LogP contribution in [0.15, 0.2) is 41.3 Å². The molecule has 1 aliphatic rings. The van der Waals surface area contributed by atoms with Gasteiger partial charge in [0.1, 0.15) is 10.6 Å². The van der Waals surface area contributed by atoms with Gasteiger partial charge in [-0.1, -0.05) is 17.7 Å². The number of fused-ring (bicyclic) bond motifs is 1. The molecule has 0 unspecified atom stereocenters. The number of carbonyl (C=O) groups excluding carboxylic acids is 1. The third-order valence-electron chi connectivity index (χ3n) is 4.50. The van der Waals surface area contributed by atoms with E-state index in [1.54, 1.807) is 18.2 Å². The highest BCUT2D eigenvalue weighted by atomic mass is 35.5. The van der Waals surface area contributed by atoms with E-state index < -0.39 is 10.0 Å². The van der Waals surface area contributed by atoms with E-state index in [0.717, 1.165) is 12.0 Å². The fourth-order valence-electron chi connectivity index (χ4n) is 2.92. The van der Waals surface area contributed by atoms with Crippen LogP contribution in [0, 0.1) is 0 Å². The second kappa shape index (κ2) is 10.0. The molecule has 0 saturated heterocycles. The molecule has 0 radical (unpaired) electrons. The number of methoxy groups -OCH3 is 1. The first-order chi connectivity index (χ1) is 14.8. The highest BCUT2D eigenvalue weighted by Crippen LogP contribution is 2.38. The zero-order chi connectivity index (χ0) is 22.4. The maximum absolute atomic E-state index is 12.2. The minimum atomic E-state index is -3.71. The van der Waals surface area contributed by atoms with Crippen LogP contribution in [0.3, 0.4) is 0 Å². The lowest BCUT2D eigenvalue weighted by molar-refractivity contribution is -0.116. The SMILES string of the molecule is CNS(=O)(=O)c1cc(C=CC(=O)NCc2cc(Cl)c3c(c2)OCCCO3)ccc1OC. The molecule has 0 saturated carbocycles. The Balaban J connectivity index is 1.68. The molecule has 8 nitrogen and oxygen atoms in total. The number of halogens is 1. The van der Waals surface area contributed by atoms with Crippen LogP contribution in [0.2, 0.25) is 5.02 Å². The van der Waals surface area contributed by atoms with Crippen molar-refractivity contribution in [1.82, 2.24) is 10.0 Å². The highest BCUT2D eigenvalue weighted by molar-refractivity contribution is 7.89. The van der Waals surface area contributed by atoms with Crippen molar-refractivity contribution < 1.29 is 27.4 Å². The van der Waals surface area contributed by atoms with E-state index in [0.29, 0.717) is 35.3 Å². The summed E-state index contributed by atoms with van der Waals surface area (Å²) in [5.41, 5.74) is 1.30. The average Bonchev–Trinajstić information content (AvgIpc) is 3.02. The summed E-state index contributed by atoms with van der Waals surface area (Å²) < 4.78 is 42.9. The Labute approximate surface area is 186 Å². The number of rotatable bonds is 7. The molecule has 31 heavy (non-hydrogen) atoms. The Bertz CT molecular complexity index is 1100. The number of benzene rings is 2. The first kappa shape index (κ1) is 22.9. The quantitative estimate of drug-likeness (QED) is 0.608. The lowest BCUT2D eigenvalue weighted by Gasteiger charge is -2.12. The van der Waals surface area contributed by atoms with Crippen LogP contribution in [0.5, 0.6) is 17.2 Å². The second-order valence-corrected chi connectivity index (χ2v) is 8.89. The van der Waals surface area contributed by atoms with Gasteiger partial charge in [-0.05, 0) is 48.5 Å². The van der Waals surface area contributed by atoms with Crippen molar-refractivity contribution in [2.75, 3.05) is 27.4 Å². The Morgan fingerprint density at radius 3 is 2.74 bits per heavy atom. The van der Waals surface area contributed by atoms with Gasteiger partial charge in [-0.3, -0.25) is 4.79 Å². The molecule has 10 heteroatoms. The molecule has 1 heterocycles. The van der Waals surface area contributed by atoms with Gasteiger partial charge in [0.2, 0.25) is 15.9 Å². The van der Waals surface area contributed by atoms with Gasteiger partial charge in [-0.2, -0.15) is 0 Å². The van der Waals surface area contributed by atoms with Crippen molar-refractivity contribution in [3.63, 3.8) is 0 Å². The van der Waals surface area contributed by atoms with Crippen LogP contribution >= 0.6 is 11.6 Å². The van der Waals surface area contributed by atoms with Crippen LogP contribution in [-0.2, 0) is 21.4 Å². The summed E-state index contributed by atoms with van der Waals surface area (Å²) in [4.78, 5) is 12.2. The maximum atomic E-state index is 12.2. The lowest BCUT2D eigenvalue weighted by Crippen LogP contribution is -2.20. The number of hydrogen-bond donors (Lipinski definition) is 2. The molecule has 0 aromatic heterocycles. The van der Waals surface area contributed by atoms with E-state index in [4.69, 9.17) is 25.8 Å². The Morgan fingerprint density at radius 2 is 2.00 bits per heavy atom. The van der Waals surface area contributed by atoms with Crippen molar-refractivity contribution in [2.45, 2.75) is 17.9 Å². The van der Waals surface area contributed by atoms with Crippen LogP contribution in [0.25, 0.3) is 6.08 Å². The Morgan fingerprint density at radius 1 is 1.23 bits per heavy atom. The molecule has 0 spiro atoms. The number of amides is 1. The van der Waals surface area contributed by atoms with Gasteiger partial charge in [0.15, 0.2) is 11.5 Å². The Hall–Kier alpha value is -2.75. The van der Waals surface area contributed by atoms with Gasteiger partial charge in [0, 0.05) is 19.0 Å². The van der Waals surface area contributed by atoms with Crippen molar-refractivity contribution in [1.29, 1.82) is 0 Å². The van der Waals surface area contributed by atoms with E-state index in [1.807, 2.05) is 0 Å². The van der Waals surface area contributed by atoms with E-state index in [2.05, 4.69) is 10.0 Å². The zero-order valence-electron chi connectivity index (χ0n) is 17.1. The van der Waals surface area contributed by atoms with E-state index in [9.17, 15) is 13.2 Å². The van der Waals surface area contributed by atoms with Crippen molar-refractivity contribution in [3.05, 3.63) is 52.6 Å². The topological polar surface area (TPSA) is 103 Å². The monoisotopic (exact) mass is 466 g/mol. The molecule has 0 fully saturated rings. The van der Waals surface area contributed by atoms with Gasteiger partial charge >= 0.3 is 0 Å². The van der Waals surface area contributed by atoms with Gasteiger partial charge < -0.3 is 19.5 Å². The number of sulfonamides is 1. The highest BCUT2D eigenvalue weighted by Gasteiger charge is 2.18. The third kappa shape index (κ3) is 5.69. The van der Waals surface area contributed by atoms with Crippen LogP contribution in [0.1, 0.15) is 17.5 Å². The second-order valence-electron chi connectivity index (χ2n) is 6.62. The summed E-state index contributed by atoms with van der Waals surface area (Å²) in [6, 6.07) is 8.12. The number of carbonyl (C=O) groups is 1. The molecule has 2 aromatic carbocycles. The summed E-state index contributed by atoms with van der Waals surface area (Å²) >= 11 is 6.27. The first-order valence-electron chi connectivity index (χ1n) is 9.49. The normalized spacial score (nSPS) is 13.6. The van der Waals surface area contributed by atoms with Crippen molar-refractivity contribution >= 4 is 33.6 Å². The molecular weight excluding hydrogens is 444 g/mol. The summed E-state index contributed by atoms with van der Waals surface area (Å²) in [6.45, 7) is 1.31. The summed E-state index contributed by atoms with van der Waals surface area (Å²) in [5.74, 6) is 0.932. The number of nitrogens with one attached hydrogen (secondary N) is 2. The molecule has 1 amide bonds. The van der Waals surface area contributed by atoms with Crippen LogP contribution in [-0.4, -0.2) is 41.7 Å². The zero-order valence-corrected chi connectivity index (χ0v) is 18.7. The first-order valence-corrected chi connectivity index (χ1v) is 11.4. The predicted molar refractivity (Wildman–Crippen MR) is 117 cm³/mol. The van der Waals surface area contributed by atoms with Crippen molar-refractivity contribution in [2.24, 2.45) is 0 Å². The van der Waals surface area contributed by atoms with Gasteiger partial charge in [-0.25, -0.2) is 13.1 Å². The van der Waals surface area contributed by atoms with E-state index in [1.165, 1.54) is 38.4 Å². The molecular formula is C21H23ClN2O6S. The van der Waals surface area contributed by atoms with Gasteiger partial charge in [-0.15, -0.1) is 0 Å².